The van der Waals surface area contributed by atoms with Crippen molar-refractivity contribution in [3.63, 3.8) is 0 Å². The first-order chi connectivity index (χ1) is 9.85. The second-order valence-corrected chi connectivity index (χ2v) is 5.73. The molecule has 0 aliphatic heterocycles. The summed E-state index contributed by atoms with van der Waals surface area (Å²) in [7, 11) is 0. The van der Waals surface area contributed by atoms with Gasteiger partial charge >= 0.3 is 0 Å². The Labute approximate surface area is 122 Å². The van der Waals surface area contributed by atoms with E-state index in [0.717, 1.165) is 28.6 Å². The highest BCUT2D eigenvalue weighted by atomic mass is 32.2. The van der Waals surface area contributed by atoms with Crippen LogP contribution in [0.5, 0.6) is 5.75 Å². The van der Waals surface area contributed by atoms with Crippen molar-refractivity contribution in [2.45, 2.75) is 36.9 Å². The van der Waals surface area contributed by atoms with Crippen LogP contribution in [0.2, 0.25) is 0 Å². The summed E-state index contributed by atoms with van der Waals surface area (Å²) in [6, 6.07) is 10.6. The number of nitrogens with one attached hydrogen (secondary N) is 1. The summed E-state index contributed by atoms with van der Waals surface area (Å²) in [6.45, 7) is 1.18. The van der Waals surface area contributed by atoms with Crippen LogP contribution in [0.3, 0.4) is 0 Å². The van der Waals surface area contributed by atoms with Crippen LogP contribution >= 0.6 is 11.8 Å². The highest BCUT2D eigenvalue weighted by Crippen LogP contribution is 2.27. The van der Waals surface area contributed by atoms with Crippen LogP contribution in [-0.4, -0.2) is 17.5 Å². The molecule has 1 aromatic heterocycles. The van der Waals surface area contributed by atoms with Crippen molar-refractivity contribution >= 4 is 11.8 Å². The predicted molar refractivity (Wildman–Crippen MR) is 78.9 cm³/mol. The maximum atomic E-state index is 5.79. The smallest absolute Gasteiger partial charge is 0.174 e. The van der Waals surface area contributed by atoms with Crippen molar-refractivity contribution in [3.05, 3.63) is 41.8 Å². The third kappa shape index (κ3) is 3.55. The Bertz CT molecular complexity index is 567. The Hall–Kier alpha value is -1.46. The Morgan fingerprint density at radius 1 is 1.40 bits per heavy atom. The lowest BCUT2D eigenvalue weighted by Gasteiger charge is -2.07. The molecule has 0 saturated heterocycles. The second kappa shape index (κ2) is 6.33. The van der Waals surface area contributed by atoms with E-state index in [9.17, 15) is 0 Å². The van der Waals surface area contributed by atoms with Crippen LogP contribution in [0.1, 0.15) is 24.3 Å². The van der Waals surface area contributed by atoms with E-state index in [2.05, 4.69) is 10.5 Å². The molecule has 1 N–H and O–H groups in total. The lowest BCUT2D eigenvalue weighted by atomic mass is 10.3. The molecule has 1 aliphatic carbocycles. The van der Waals surface area contributed by atoms with Crippen molar-refractivity contribution in [2.24, 2.45) is 0 Å². The van der Waals surface area contributed by atoms with Gasteiger partial charge in [0.15, 0.2) is 5.76 Å². The van der Waals surface area contributed by atoms with Crippen molar-refractivity contribution in [2.75, 3.05) is 6.26 Å². The highest BCUT2D eigenvalue weighted by Gasteiger charge is 2.20. The Kier molecular flexibility index (Phi) is 4.28. The SMILES string of the molecule is CSc1ccccc1OCc1cc(CNC2CC2)no1. The molecule has 20 heavy (non-hydrogen) atoms. The van der Waals surface area contributed by atoms with Gasteiger partial charge in [0.2, 0.25) is 0 Å². The molecule has 0 spiro atoms. The molecule has 0 unspecified atom stereocenters. The van der Waals surface area contributed by atoms with Gasteiger partial charge in [-0.05, 0) is 31.2 Å². The van der Waals surface area contributed by atoms with Crippen molar-refractivity contribution < 1.29 is 9.26 Å². The van der Waals surface area contributed by atoms with E-state index in [1.807, 2.05) is 36.6 Å². The summed E-state index contributed by atoms with van der Waals surface area (Å²) in [5.41, 5.74) is 0.939. The lowest BCUT2D eigenvalue weighted by molar-refractivity contribution is 0.244. The standard InChI is InChI=1S/C15H18N2O2S/c1-20-15-5-3-2-4-14(15)18-10-13-8-12(17-19-13)9-16-11-6-7-11/h2-5,8,11,16H,6-7,9-10H2,1H3. The molecule has 4 nitrogen and oxygen atoms in total. The minimum Gasteiger partial charge on any atom is -0.484 e. The first-order valence-electron chi connectivity index (χ1n) is 6.79. The molecule has 3 rings (SSSR count). The van der Waals surface area contributed by atoms with Gasteiger partial charge in [-0.2, -0.15) is 0 Å². The number of benzene rings is 1. The Morgan fingerprint density at radius 3 is 3.05 bits per heavy atom. The van der Waals surface area contributed by atoms with Gasteiger partial charge in [-0.3, -0.25) is 0 Å². The maximum Gasteiger partial charge on any atom is 0.174 e. The number of hydrogen-bond acceptors (Lipinski definition) is 5. The summed E-state index contributed by atoms with van der Waals surface area (Å²) < 4.78 is 11.1. The van der Waals surface area contributed by atoms with Gasteiger partial charge in [0, 0.05) is 23.5 Å². The van der Waals surface area contributed by atoms with Gasteiger partial charge < -0.3 is 14.6 Å². The van der Waals surface area contributed by atoms with Gasteiger partial charge in [-0.25, -0.2) is 0 Å². The monoisotopic (exact) mass is 290 g/mol. The largest absolute Gasteiger partial charge is 0.484 e. The number of hydrogen-bond donors (Lipinski definition) is 1. The van der Waals surface area contributed by atoms with Gasteiger partial charge in [0.25, 0.3) is 0 Å². The molecule has 106 valence electrons. The fourth-order valence-electron chi connectivity index (χ4n) is 1.93. The summed E-state index contributed by atoms with van der Waals surface area (Å²) >= 11 is 1.67. The number of nitrogens with zero attached hydrogens (tertiary/aromatic N) is 1. The van der Waals surface area contributed by atoms with Gasteiger partial charge in [0.1, 0.15) is 12.4 Å². The molecule has 5 heteroatoms. The van der Waals surface area contributed by atoms with E-state index in [0.29, 0.717) is 12.6 Å². The number of thioether (sulfide) groups is 1. The third-order valence-corrected chi connectivity index (χ3v) is 3.97. The fraction of sp³-hybridized carbons (Fsp3) is 0.400. The van der Waals surface area contributed by atoms with Gasteiger partial charge in [-0.1, -0.05) is 17.3 Å². The van der Waals surface area contributed by atoms with E-state index < -0.39 is 0 Å². The van der Waals surface area contributed by atoms with Crippen LogP contribution < -0.4 is 10.1 Å². The number of rotatable bonds is 7. The summed E-state index contributed by atoms with van der Waals surface area (Å²) in [6.07, 6.45) is 4.59. The van der Waals surface area contributed by atoms with Crippen LogP contribution in [0.15, 0.2) is 39.8 Å². The zero-order valence-corrected chi connectivity index (χ0v) is 12.3. The van der Waals surface area contributed by atoms with E-state index >= 15 is 0 Å². The lowest BCUT2D eigenvalue weighted by Crippen LogP contribution is -2.15. The Morgan fingerprint density at radius 2 is 2.25 bits per heavy atom. The molecule has 1 saturated carbocycles. The molecule has 1 heterocycles. The molecule has 1 aromatic carbocycles. The molecule has 1 aliphatic rings. The molecule has 0 bridgehead atoms. The first-order valence-corrected chi connectivity index (χ1v) is 8.01. The van der Waals surface area contributed by atoms with Gasteiger partial charge in [-0.15, -0.1) is 11.8 Å². The molecule has 2 aromatic rings. The summed E-state index contributed by atoms with van der Waals surface area (Å²) in [5.74, 6) is 1.64. The topological polar surface area (TPSA) is 47.3 Å². The normalized spacial score (nSPS) is 14.4. The summed E-state index contributed by atoms with van der Waals surface area (Å²) in [5, 5.41) is 7.46. The first kappa shape index (κ1) is 13.5. The van der Waals surface area contributed by atoms with Crippen LogP contribution in [-0.2, 0) is 13.2 Å². The molecular weight excluding hydrogens is 272 g/mol. The minimum atomic E-state index is 0.411. The highest BCUT2D eigenvalue weighted by molar-refractivity contribution is 7.98. The zero-order valence-electron chi connectivity index (χ0n) is 11.5. The third-order valence-electron chi connectivity index (χ3n) is 3.20. The molecule has 0 atom stereocenters. The van der Waals surface area contributed by atoms with Crippen molar-refractivity contribution in [3.8, 4) is 5.75 Å². The molecule has 0 radical (unpaired) electrons. The van der Waals surface area contributed by atoms with Crippen LogP contribution in [0, 0.1) is 0 Å². The number of para-hydroxylation sites is 1. The molecular formula is C15H18N2O2S. The average Bonchev–Trinajstić information content (AvgIpc) is 3.21. The quantitative estimate of drug-likeness (QED) is 0.793. The molecule has 1 fully saturated rings. The van der Waals surface area contributed by atoms with E-state index in [1.54, 1.807) is 11.8 Å². The second-order valence-electron chi connectivity index (χ2n) is 4.88. The number of aromatic nitrogens is 1. The van der Waals surface area contributed by atoms with Crippen molar-refractivity contribution in [1.29, 1.82) is 0 Å². The predicted octanol–water partition coefficient (Wildman–Crippen LogP) is 3.23. The molecule has 0 amide bonds. The van der Waals surface area contributed by atoms with Crippen molar-refractivity contribution in [1.82, 2.24) is 10.5 Å². The van der Waals surface area contributed by atoms with Crippen LogP contribution in [0.4, 0.5) is 0 Å². The zero-order chi connectivity index (χ0) is 13.8. The van der Waals surface area contributed by atoms with E-state index in [-0.39, 0.29) is 0 Å². The van der Waals surface area contributed by atoms with Crippen LogP contribution in [0.25, 0.3) is 0 Å². The number of ether oxygens (including phenoxy) is 1. The van der Waals surface area contributed by atoms with E-state index in [1.165, 1.54) is 12.8 Å². The fourth-order valence-corrected chi connectivity index (χ4v) is 2.47. The maximum absolute atomic E-state index is 5.79. The Balaban J connectivity index is 1.54. The minimum absolute atomic E-state index is 0.411. The summed E-state index contributed by atoms with van der Waals surface area (Å²) in [4.78, 5) is 1.13. The van der Waals surface area contributed by atoms with Gasteiger partial charge in [0.05, 0.1) is 5.69 Å². The average molecular weight is 290 g/mol. The van der Waals surface area contributed by atoms with E-state index in [4.69, 9.17) is 9.26 Å².